The molecule has 1 N–H and O–H groups in total. The molecule has 2 aromatic carbocycles. The van der Waals surface area contributed by atoms with Crippen molar-refractivity contribution >= 4 is 22.6 Å². The summed E-state index contributed by atoms with van der Waals surface area (Å²) < 4.78 is 5.18. The maximum absolute atomic E-state index is 12.8. The second-order valence-electron chi connectivity index (χ2n) is 6.41. The van der Waals surface area contributed by atoms with Crippen molar-refractivity contribution in [2.45, 2.75) is 0 Å². The number of benzene rings is 2. The summed E-state index contributed by atoms with van der Waals surface area (Å²) in [4.78, 5) is 36.0. The van der Waals surface area contributed by atoms with E-state index in [2.05, 4.69) is 14.9 Å². The third-order valence-electron chi connectivity index (χ3n) is 4.81. The highest BCUT2D eigenvalue weighted by atomic mass is 16.5. The van der Waals surface area contributed by atoms with Crippen LogP contribution in [0.15, 0.2) is 53.3 Å². The van der Waals surface area contributed by atoms with Crippen molar-refractivity contribution in [3.8, 4) is 5.75 Å². The number of rotatable bonds is 3. The van der Waals surface area contributed by atoms with Gasteiger partial charge in [0.1, 0.15) is 5.75 Å². The molecule has 2 heterocycles. The van der Waals surface area contributed by atoms with Gasteiger partial charge in [-0.1, -0.05) is 12.1 Å². The molecule has 138 valence electrons. The van der Waals surface area contributed by atoms with Crippen LogP contribution in [0.2, 0.25) is 0 Å². The van der Waals surface area contributed by atoms with Crippen LogP contribution in [0.3, 0.4) is 0 Å². The van der Waals surface area contributed by atoms with Crippen LogP contribution in [-0.2, 0) is 0 Å². The number of nitrogens with zero attached hydrogens (tertiary/aromatic N) is 3. The van der Waals surface area contributed by atoms with Crippen molar-refractivity contribution in [3.05, 3.63) is 64.6 Å². The average Bonchev–Trinajstić information content (AvgIpc) is 2.73. The number of anilines is 1. The smallest absolute Gasteiger partial charge is 0.280 e. The fourth-order valence-electron chi connectivity index (χ4n) is 3.29. The monoisotopic (exact) mass is 364 g/mol. The number of piperazine rings is 1. The Morgan fingerprint density at radius 3 is 2.44 bits per heavy atom. The third kappa shape index (κ3) is 3.36. The lowest BCUT2D eigenvalue weighted by atomic mass is 10.2. The van der Waals surface area contributed by atoms with Crippen molar-refractivity contribution in [1.82, 2.24) is 14.9 Å². The van der Waals surface area contributed by atoms with Crippen molar-refractivity contribution in [2.75, 3.05) is 38.2 Å². The minimum absolute atomic E-state index is 0.0494. The SMILES string of the molecule is COc1ccc(N2CCN(C(=O)c3nc4ccccc4[nH]c3=O)CC2)cc1. The molecular formula is C20H20N4O3. The van der Waals surface area contributed by atoms with Gasteiger partial charge < -0.3 is 19.5 Å². The molecule has 0 aliphatic carbocycles. The molecule has 0 saturated carbocycles. The first-order valence-electron chi connectivity index (χ1n) is 8.83. The molecule has 1 aromatic heterocycles. The van der Waals surface area contributed by atoms with Crippen molar-refractivity contribution in [3.63, 3.8) is 0 Å². The number of aromatic nitrogens is 2. The Hall–Kier alpha value is -3.35. The summed E-state index contributed by atoms with van der Waals surface area (Å²) in [5.74, 6) is 0.491. The van der Waals surface area contributed by atoms with Gasteiger partial charge in [-0.15, -0.1) is 0 Å². The summed E-state index contributed by atoms with van der Waals surface area (Å²) in [6.45, 7) is 2.48. The Bertz CT molecular complexity index is 1020. The van der Waals surface area contributed by atoms with Crippen LogP contribution in [-0.4, -0.2) is 54.1 Å². The lowest BCUT2D eigenvalue weighted by Gasteiger charge is -2.35. The minimum Gasteiger partial charge on any atom is -0.497 e. The second kappa shape index (κ2) is 7.11. The van der Waals surface area contributed by atoms with Crippen LogP contribution < -0.4 is 15.2 Å². The first-order valence-corrected chi connectivity index (χ1v) is 8.83. The van der Waals surface area contributed by atoms with Crippen LogP contribution >= 0.6 is 0 Å². The molecule has 0 radical (unpaired) electrons. The zero-order valence-corrected chi connectivity index (χ0v) is 15.0. The number of ether oxygens (including phenoxy) is 1. The van der Waals surface area contributed by atoms with Crippen LogP contribution in [0.4, 0.5) is 5.69 Å². The highest BCUT2D eigenvalue weighted by Gasteiger charge is 2.25. The summed E-state index contributed by atoms with van der Waals surface area (Å²) in [5, 5.41) is 0. The van der Waals surface area contributed by atoms with Gasteiger partial charge in [-0.25, -0.2) is 4.98 Å². The molecule has 0 bridgehead atoms. The Balaban J connectivity index is 1.48. The van der Waals surface area contributed by atoms with E-state index >= 15 is 0 Å². The first kappa shape index (κ1) is 17.1. The van der Waals surface area contributed by atoms with E-state index in [1.165, 1.54) is 0 Å². The van der Waals surface area contributed by atoms with Gasteiger partial charge in [-0.3, -0.25) is 9.59 Å². The van der Waals surface area contributed by atoms with Crippen LogP contribution in [0.25, 0.3) is 11.0 Å². The summed E-state index contributed by atoms with van der Waals surface area (Å²) in [6.07, 6.45) is 0. The summed E-state index contributed by atoms with van der Waals surface area (Å²) >= 11 is 0. The highest BCUT2D eigenvalue weighted by Crippen LogP contribution is 2.20. The van der Waals surface area contributed by atoms with E-state index in [9.17, 15) is 9.59 Å². The molecule has 1 fully saturated rings. The molecule has 7 nitrogen and oxygen atoms in total. The van der Waals surface area contributed by atoms with Crippen molar-refractivity contribution in [1.29, 1.82) is 0 Å². The maximum atomic E-state index is 12.8. The maximum Gasteiger partial charge on any atom is 0.280 e. The number of amides is 1. The number of H-pyrrole nitrogens is 1. The molecule has 0 spiro atoms. The normalized spacial score (nSPS) is 14.4. The topological polar surface area (TPSA) is 78.5 Å². The quantitative estimate of drug-likeness (QED) is 0.768. The van der Waals surface area contributed by atoms with Gasteiger partial charge in [0.05, 0.1) is 18.1 Å². The zero-order valence-electron chi connectivity index (χ0n) is 15.0. The third-order valence-corrected chi connectivity index (χ3v) is 4.81. The predicted octanol–water partition coefficient (Wildman–Crippen LogP) is 1.89. The van der Waals surface area contributed by atoms with E-state index in [1.54, 1.807) is 24.1 Å². The lowest BCUT2D eigenvalue weighted by Crippen LogP contribution is -2.49. The van der Waals surface area contributed by atoms with E-state index in [-0.39, 0.29) is 11.6 Å². The van der Waals surface area contributed by atoms with Gasteiger partial charge in [0.15, 0.2) is 5.69 Å². The number of carbonyl (C=O) groups is 1. The first-order chi connectivity index (χ1) is 13.2. The molecule has 7 heteroatoms. The summed E-state index contributed by atoms with van der Waals surface area (Å²) in [6, 6.07) is 15.1. The molecule has 1 saturated heterocycles. The number of hydrogen-bond acceptors (Lipinski definition) is 5. The van der Waals surface area contributed by atoms with E-state index in [1.807, 2.05) is 36.4 Å². The molecule has 0 atom stereocenters. The average molecular weight is 364 g/mol. The van der Waals surface area contributed by atoms with Gasteiger partial charge in [-0.05, 0) is 36.4 Å². The lowest BCUT2D eigenvalue weighted by molar-refractivity contribution is 0.0739. The van der Waals surface area contributed by atoms with Gasteiger partial charge in [0, 0.05) is 31.9 Å². The number of fused-ring (bicyclic) bond motifs is 1. The van der Waals surface area contributed by atoms with E-state index in [4.69, 9.17) is 4.74 Å². The molecule has 0 unspecified atom stereocenters. The summed E-state index contributed by atoms with van der Waals surface area (Å²) in [5.41, 5.74) is 1.83. The van der Waals surface area contributed by atoms with Crippen molar-refractivity contribution in [2.24, 2.45) is 0 Å². The van der Waals surface area contributed by atoms with Gasteiger partial charge in [-0.2, -0.15) is 0 Å². The van der Waals surface area contributed by atoms with E-state index in [0.29, 0.717) is 37.2 Å². The fourth-order valence-corrected chi connectivity index (χ4v) is 3.29. The van der Waals surface area contributed by atoms with Crippen LogP contribution in [0.1, 0.15) is 10.5 Å². The summed E-state index contributed by atoms with van der Waals surface area (Å²) in [7, 11) is 1.64. The number of methoxy groups -OCH3 is 1. The van der Waals surface area contributed by atoms with E-state index in [0.717, 1.165) is 11.4 Å². The highest BCUT2D eigenvalue weighted by molar-refractivity contribution is 5.93. The molecule has 1 aliphatic heterocycles. The van der Waals surface area contributed by atoms with Crippen LogP contribution in [0.5, 0.6) is 5.75 Å². The minimum atomic E-state index is -0.448. The number of carbonyl (C=O) groups excluding carboxylic acids is 1. The van der Waals surface area contributed by atoms with Gasteiger partial charge >= 0.3 is 0 Å². The standard InChI is InChI=1S/C20H20N4O3/c1-27-15-8-6-14(7-9-15)23-10-12-24(13-11-23)20(26)18-19(25)22-17-5-3-2-4-16(17)21-18/h2-9H,10-13H2,1H3,(H,22,25). The van der Waals surface area contributed by atoms with Crippen LogP contribution in [0, 0.1) is 0 Å². The molecule has 1 amide bonds. The molecule has 4 rings (SSSR count). The van der Waals surface area contributed by atoms with E-state index < -0.39 is 5.56 Å². The number of hydrogen-bond donors (Lipinski definition) is 1. The van der Waals surface area contributed by atoms with Gasteiger partial charge in [0.25, 0.3) is 11.5 Å². The Morgan fingerprint density at radius 1 is 1.04 bits per heavy atom. The van der Waals surface area contributed by atoms with Crippen molar-refractivity contribution < 1.29 is 9.53 Å². The largest absolute Gasteiger partial charge is 0.497 e. The Labute approximate surface area is 156 Å². The van der Waals surface area contributed by atoms with Gasteiger partial charge in [0.2, 0.25) is 0 Å². The molecule has 27 heavy (non-hydrogen) atoms. The number of nitrogens with one attached hydrogen (secondary N) is 1. The zero-order chi connectivity index (χ0) is 18.8. The number of para-hydroxylation sites is 2. The second-order valence-corrected chi connectivity index (χ2v) is 6.41. The molecular weight excluding hydrogens is 344 g/mol. The Kier molecular flexibility index (Phi) is 4.50. The fraction of sp³-hybridized carbons (Fsp3) is 0.250. The molecule has 3 aromatic rings. The predicted molar refractivity (Wildman–Crippen MR) is 103 cm³/mol. The Morgan fingerprint density at radius 2 is 1.74 bits per heavy atom. The number of aromatic amines is 1. The molecule has 1 aliphatic rings.